The maximum Gasteiger partial charge on any atom is 0.254 e. The molecule has 0 fully saturated rings. The van der Waals surface area contributed by atoms with Gasteiger partial charge in [-0.25, -0.2) is 0 Å². The Morgan fingerprint density at radius 2 is 2.07 bits per heavy atom. The van der Waals surface area contributed by atoms with Crippen molar-refractivity contribution < 1.29 is 19.1 Å². The van der Waals surface area contributed by atoms with E-state index in [2.05, 4.69) is 21.2 Å². The second-order valence-electron chi connectivity index (χ2n) is 6.01. The summed E-state index contributed by atoms with van der Waals surface area (Å²) in [5.74, 6) is 0.606. The third kappa shape index (κ3) is 5.97. The molecule has 1 heterocycles. The molecule has 0 radical (unpaired) electrons. The van der Waals surface area contributed by atoms with Gasteiger partial charge < -0.3 is 19.7 Å². The van der Waals surface area contributed by atoms with Gasteiger partial charge in [0.25, 0.3) is 5.91 Å². The molecular weight excluding hydrogens is 444 g/mol. The number of hydrogen-bond donors (Lipinski definition) is 1. The molecule has 0 aliphatic carbocycles. The van der Waals surface area contributed by atoms with Crippen molar-refractivity contribution in [2.45, 2.75) is 26.8 Å². The Hall–Kier alpha value is -2.06. The van der Waals surface area contributed by atoms with Gasteiger partial charge in [0.2, 0.25) is 5.91 Å². The lowest BCUT2D eigenvalue weighted by atomic mass is 10.1. The van der Waals surface area contributed by atoms with Crippen molar-refractivity contribution in [3.8, 4) is 11.5 Å². The quantitative estimate of drug-likeness (QED) is 0.570. The Morgan fingerprint density at radius 1 is 1.29 bits per heavy atom. The number of rotatable bonds is 10. The van der Waals surface area contributed by atoms with E-state index in [9.17, 15) is 9.59 Å². The third-order valence-electron chi connectivity index (χ3n) is 3.97. The molecule has 2 amide bonds. The summed E-state index contributed by atoms with van der Waals surface area (Å²) < 4.78 is 11.7. The van der Waals surface area contributed by atoms with E-state index in [1.54, 1.807) is 23.5 Å². The molecule has 0 aliphatic heterocycles. The number of carbonyl (C=O) groups is 2. The molecule has 0 saturated carbocycles. The summed E-state index contributed by atoms with van der Waals surface area (Å²) in [7, 11) is 1.53. The highest BCUT2D eigenvalue weighted by Gasteiger charge is 2.21. The number of halogens is 1. The lowest BCUT2D eigenvalue weighted by molar-refractivity contribution is -0.121. The first-order valence-corrected chi connectivity index (χ1v) is 10.8. The number of nitrogens with zero attached hydrogens (tertiary/aromatic N) is 1. The highest BCUT2D eigenvalue weighted by atomic mass is 79.9. The molecule has 0 spiro atoms. The molecule has 8 heteroatoms. The monoisotopic (exact) mass is 468 g/mol. The van der Waals surface area contributed by atoms with Crippen molar-refractivity contribution in [1.82, 2.24) is 10.2 Å². The van der Waals surface area contributed by atoms with Crippen LogP contribution in [0.4, 0.5) is 0 Å². The minimum atomic E-state index is -0.241. The molecule has 1 N–H and O–H groups in total. The first-order valence-electron chi connectivity index (χ1n) is 9.08. The van der Waals surface area contributed by atoms with Crippen LogP contribution in [-0.4, -0.2) is 43.5 Å². The summed E-state index contributed by atoms with van der Waals surface area (Å²) in [5, 5.41) is 4.81. The second-order valence-corrected chi connectivity index (χ2v) is 7.90. The largest absolute Gasteiger partial charge is 0.493 e. The van der Waals surface area contributed by atoms with E-state index in [-0.39, 0.29) is 18.4 Å². The van der Waals surface area contributed by atoms with Crippen LogP contribution in [0.1, 0.15) is 35.5 Å². The molecule has 0 saturated heterocycles. The van der Waals surface area contributed by atoms with E-state index in [0.29, 0.717) is 41.2 Å². The van der Waals surface area contributed by atoms with Crippen molar-refractivity contribution in [3.05, 3.63) is 44.6 Å². The number of nitrogens with one attached hydrogen (secondary N) is 1. The molecule has 0 atom stereocenters. The molecular formula is C20H25BrN2O4S. The predicted octanol–water partition coefficient (Wildman–Crippen LogP) is 4.09. The van der Waals surface area contributed by atoms with Gasteiger partial charge in [-0.05, 0) is 52.9 Å². The van der Waals surface area contributed by atoms with Gasteiger partial charge in [0, 0.05) is 17.0 Å². The summed E-state index contributed by atoms with van der Waals surface area (Å²) in [6.45, 7) is 5.28. The van der Waals surface area contributed by atoms with E-state index in [1.165, 1.54) is 12.0 Å². The minimum absolute atomic E-state index is 0.00523. The van der Waals surface area contributed by atoms with Gasteiger partial charge in [0.1, 0.15) is 0 Å². The first kappa shape index (κ1) is 22.2. The molecule has 1 aromatic heterocycles. The molecule has 152 valence electrons. The van der Waals surface area contributed by atoms with Crippen LogP contribution in [0.15, 0.2) is 34.1 Å². The highest BCUT2D eigenvalue weighted by Crippen LogP contribution is 2.37. The van der Waals surface area contributed by atoms with Gasteiger partial charge in [0.15, 0.2) is 11.5 Å². The van der Waals surface area contributed by atoms with Crippen LogP contribution < -0.4 is 14.8 Å². The van der Waals surface area contributed by atoms with Crippen molar-refractivity contribution >= 4 is 39.1 Å². The van der Waals surface area contributed by atoms with Gasteiger partial charge in [-0.2, -0.15) is 0 Å². The SMILES string of the molecule is CCCOc1c(Br)cc(C(=O)N(CC)CC(=O)NCc2cccs2)cc1OC. The number of likely N-dealkylation sites (N-methyl/N-ethyl adjacent to an activating group) is 1. The summed E-state index contributed by atoms with van der Waals surface area (Å²) >= 11 is 5.03. The standard InChI is InChI=1S/C20H25BrN2O4S/c1-4-8-27-19-16(21)10-14(11-17(19)26-3)20(25)23(5-2)13-18(24)22-12-15-7-6-9-28-15/h6-7,9-11H,4-5,8,12-13H2,1-3H3,(H,22,24). The summed E-state index contributed by atoms with van der Waals surface area (Å²) in [6, 6.07) is 7.24. The zero-order valence-corrected chi connectivity index (χ0v) is 18.7. The number of carbonyl (C=O) groups excluding carboxylic acids is 2. The Bertz CT molecular complexity index is 796. The zero-order chi connectivity index (χ0) is 20.5. The van der Waals surface area contributed by atoms with Gasteiger partial charge in [-0.15, -0.1) is 11.3 Å². The van der Waals surface area contributed by atoms with E-state index in [4.69, 9.17) is 9.47 Å². The van der Waals surface area contributed by atoms with Crippen molar-refractivity contribution in [1.29, 1.82) is 0 Å². The Labute approximate surface area is 178 Å². The number of methoxy groups -OCH3 is 1. The summed E-state index contributed by atoms with van der Waals surface area (Å²) in [5.41, 5.74) is 0.431. The van der Waals surface area contributed by atoms with Crippen molar-refractivity contribution in [3.63, 3.8) is 0 Å². The van der Waals surface area contributed by atoms with Gasteiger partial charge in [0.05, 0.1) is 31.3 Å². The predicted molar refractivity (Wildman–Crippen MR) is 114 cm³/mol. The van der Waals surface area contributed by atoms with E-state index < -0.39 is 0 Å². The van der Waals surface area contributed by atoms with Gasteiger partial charge in [-0.3, -0.25) is 9.59 Å². The average Bonchev–Trinajstić information content (AvgIpc) is 3.22. The Kier molecular flexibility index (Phi) is 8.79. The van der Waals surface area contributed by atoms with Crippen LogP contribution >= 0.6 is 27.3 Å². The second kappa shape index (κ2) is 11.1. The van der Waals surface area contributed by atoms with Crippen LogP contribution in [0, 0.1) is 0 Å². The number of thiophene rings is 1. The van der Waals surface area contributed by atoms with E-state index in [1.807, 2.05) is 31.4 Å². The van der Waals surface area contributed by atoms with Gasteiger partial charge in [-0.1, -0.05) is 13.0 Å². The molecule has 0 aliphatic rings. The lowest BCUT2D eigenvalue weighted by Gasteiger charge is -2.21. The smallest absolute Gasteiger partial charge is 0.254 e. The molecule has 0 unspecified atom stereocenters. The van der Waals surface area contributed by atoms with Crippen molar-refractivity contribution in [2.75, 3.05) is 26.8 Å². The van der Waals surface area contributed by atoms with Crippen LogP contribution in [0.2, 0.25) is 0 Å². The number of benzene rings is 1. The first-order chi connectivity index (χ1) is 13.5. The fraction of sp³-hybridized carbons (Fsp3) is 0.400. The van der Waals surface area contributed by atoms with Crippen molar-refractivity contribution in [2.24, 2.45) is 0 Å². The zero-order valence-electron chi connectivity index (χ0n) is 16.3. The molecule has 2 aromatic rings. The molecule has 28 heavy (non-hydrogen) atoms. The van der Waals surface area contributed by atoms with E-state index >= 15 is 0 Å². The third-order valence-corrected chi connectivity index (χ3v) is 5.44. The maximum atomic E-state index is 12.9. The average molecular weight is 469 g/mol. The van der Waals surface area contributed by atoms with Gasteiger partial charge >= 0.3 is 0 Å². The number of amides is 2. The highest BCUT2D eigenvalue weighted by molar-refractivity contribution is 9.10. The fourth-order valence-corrected chi connectivity index (χ4v) is 3.73. The van der Waals surface area contributed by atoms with Crippen LogP contribution in [0.25, 0.3) is 0 Å². The molecule has 2 rings (SSSR count). The minimum Gasteiger partial charge on any atom is -0.493 e. The van der Waals surface area contributed by atoms with E-state index in [0.717, 1.165) is 11.3 Å². The number of hydrogen-bond acceptors (Lipinski definition) is 5. The Balaban J connectivity index is 2.08. The van der Waals surface area contributed by atoms with Crippen LogP contribution in [0.3, 0.4) is 0 Å². The summed E-state index contributed by atoms with van der Waals surface area (Å²) in [4.78, 5) is 27.7. The number of ether oxygens (including phenoxy) is 2. The molecule has 6 nitrogen and oxygen atoms in total. The fourth-order valence-electron chi connectivity index (χ4n) is 2.53. The Morgan fingerprint density at radius 3 is 2.68 bits per heavy atom. The lowest BCUT2D eigenvalue weighted by Crippen LogP contribution is -2.40. The maximum absolute atomic E-state index is 12.9. The topological polar surface area (TPSA) is 67.9 Å². The molecule has 1 aromatic carbocycles. The van der Waals surface area contributed by atoms with Crippen LogP contribution in [-0.2, 0) is 11.3 Å². The van der Waals surface area contributed by atoms with Crippen LogP contribution in [0.5, 0.6) is 11.5 Å². The molecule has 0 bridgehead atoms. The summed E-state index contributed by atoms with van der Waals surface area (Å²) in [6.07, 6.45) is 0.862. The normalized spacial score (nSPS) is 10.4.